The second-order valence-corrected chi connectivity index (χ2v) is 5.43. The van der Waals surface area contributed by atoms with E-state index < -0.39 is 0 Å². The number of hydrogen-bond donors (Lipinski definition) is 3. The second kappa shape index (κ2) is 13.0. The summed E-state index contributed by atoms with van der Waals surface area (Å²) in [6.45, 7) is 8.42. The summed E-state index contributed by atoms with van der Waals surface area (Å²) in [7, 11) is 0. The molecule has 1 aromatic heterocycles. The predicted octanol–water partition coefficient (Wildman–Crippen LogP) is 0.401. The third-order valence-corrected chi connectivity index (χ3v) is 3.59. The van der Waals surface area contributed by atoms with Crippen LogP contribution in [0.2, 0.25) is 0 Å². The Morgan fingerprint density at radius 1 is 1.28 bits per heavy atom. The van der Waals surface area contributed by atoms with Gasteiger partial charge in [0, 0.05) is 32.7 Å². The molecule has 9 heteroatoms. The van der Waals surface area contributed by atoms with E-state index in [-0.39, 0.29) is 36.4 Å². The normalized spacial score (nSPS) is 15.3. The van der Waals surface area contributed by atoms with Crippen LogP contribution in [0.4, 0.5) is 0 Å². The van der Waals surface area contributed by atoms with E-state index in [0.29, 0.717) is 12.5 Å². The largest absolute Gasteiger partial charge is 0.467 e. The van der Waals surface area contributed by atoms with Gasteiger partial charge >= 0.3 is 0 Å². The predicted molar refractivity (Wildman–Crippen MR) is 107 cm³/mol. The van der Waals surface area contributed by atoms with Crippen LogP contribution >= 0.6 is 24.0 Å². The number of hydrogen-bond acceptors (Lipinski definition) is 5. The molecule has 1 fully saturated rings. The summed E-state index contributed by atoms with van der Waals surface area (Å²) in [6.07, 6.45) is 1.58. The van der Waals surface area contributed by atoms with Crippen LogP contribution in [0, 0.1) is 0 Å². The third kappa shape index (κ3) is 9.07. The Hall–Kier alpha value is -1.33. The summed E-state index contributed by atoms with van der Waals surface area (Å²) in [5.41, 5.74) is 0. The van der Waals surface area contributed by atoms with Gasteiger partial charge in [0.05, 0.1) is 26.0 Å². The molecule has 1 aliphatic rings. The first-order valence-electron chi connectivity index (χ1n) is 8.39. The highest BCUT2D eigenvalue weighted by Crippen LogP contribution is 1.98. The number of aliphatic imine (C=N–C) groups is 1. The van der Waals surface area contributed by atoms with Gasteiger partial charge in [0.1, 0.15) is 12.3 Å². The first-order valence-corrected chi connectivity index (χ1v) is 8.39. The lowest BCUT2D eigenvalue weighted by molar-refractivity contribution is -0.119. The average Bonchev–Trinajstić information content (AvgIpc) is 3.12. The van der Waals surface area contributed by atoms with Crippen LogP contribution in [-0.4, -0.2) is 69.2 Å². The molecule has 1 aliphatic heterocycles. The summed E-state index contributed by atoms with van der Waals surface area (Å²) in [5.74, 6) is 1.23. The van der Waals surface area contributed by atoms with Gasteiger partial charge in [-0.1, -0.05) is 0 Å². The minimum Gasteiger partial charge on any atom is -0.467 e. The molecular formula is C16H28IN5O3. The van der Waals surface area contributed by atoms with E-state index in [9.17, 15) is 4.79 Å². The van der Waals surface area contributed by atoms with Crippen molar-refractivity contribution in [3.63, 3.8) is 0 Å². The first-order chi connectivity index (χ1) is 11.8. The smallest absolute Gasteiger partial charge is 0.242 e. The van der Waals surface area contributed by atoms with Crippen LogP contribution in [-0.2, 0) is 16.1 Å². The molecule has 1 saturated heterocycles. The number of amides is 1. The standard InChI is InChI=1S/C16H27N5O3.HI/c1-2-17-16(18-5-6-21-7-10-23-11-8-21)20-13-15(22)19-12-14-4-3-9-24-14;/h3-4,9H,2,5-8,10-13H2,1H3,(H,19,22)(H2,17,18,20);1H. The average molecular weight is 465 g/mol. The third-order valence-electron chi connectivity index (χ3n) is 3.59. The molecule has 3 N–H and O–H groups in total. The molecule has 142 valence electrons. The number of nitrogens with one attached hydrogen (secondary N) is 3. The lowest BCUT2D eigenvalue weighted by Crippen LogP contribution is -2.44. The summed E-state index contributed by atoms with van der Waals surface area (Å²) in [5, 5.41) is 9.17. The lowest BCUT2D eigenvalue weighted by atomic mass is 10.4. The molecule has 0 atom stereocenters. The number of ether oxygens (including phenoxy) is 1. The number of nitrogens with zero attached hydrogens (tertiary/aromatic N) is 2. The maximum absolute atomic E-state index is 11.8. The van der Waals surface area contributed by atoms with E-state index in [1.807, 2.05) is 13.0 Å². The molecule has 0 spiro atoms. The topological polar surface area (TPSA) is 91.1 Å². The monoisotopic (exact) mass is 465 g/mol. The molecule has 0 aliphatic carbocycles. The summed E-state index contributed by atoms with van der Waals surface area (Å²) >= 11 is 0. The Morgan fingerprint density at radius 2 is 2.08 bits per heavy atom. The molecule has 1 amide bonds. The van der Waals surface area contributed by atoms with E-state index in [4.69, 9.17) is 9.15 Å². The number of furan rings is 1. The summed E-state index contributed by atoms with van der Waals surface area (Å²) < 4.78 is 10.5. The number of morpholine rings is 1. The fourth-order valence-electron chi connectivity index (χ4n) is 2.30. The number of halogens is 1. The van der Waals surface area contributed by atoms with Gasteiger partial charge in [0.2, 0.25) is 5.91 Å². The molecule has 2 rings (SSSR count). The fraction of sp³-hybridized carbons (Fsp3) is 0.625. The number of carbonyl (C=O) groups excluding carboxylic acids is 1. The van der Waals surface area contributed by atoms with Crippen LogP contribution in [0.15, 0.2) is 27.8 Å². The van der Waals surface area contributed by atoms with E-state index >= 15 is 0 Å². The van der Waals surface area contributed by atoms with Gasteiger partial charge in [0.25, 0.3) is 0 Å². The highest BCUT2D eigenvalue weighted by Gasteiger charge is 2.09. The highest BCUT2D eigenvalue weighted by atomic mass is 127. The van der Waals surface area contributed by atoms with Crippen molar-refractivity contribution >= 4 is 35.8 Å². The number of guanidine groups is 1. The molecule has 2 heterocycles. The zero-order valence-corrected chi connectivity index (χ0v) is 17.0. The quantitative estimate of drug-likeness (QED) is 0.293. The Balaban J connectivity index is 0.00000312. The minimum absolute atomic E-state index is 0. The van der Waals surface area contributed by atoms with Crippen LogP contribution < -0.4 is 16.0 Å². The van der Waals surface area contributed by atoms with Gasteiger partial charge in [0.15, 0.2) is 5.96 Å². The Labute approximate surface area is 165 Å². The minimum atomic E-state index is -0.142. The van der Waals surface area contributed by atoms with Crippen molar-refractivity contribution in [1.29, 1.82) is 0 Å². The highest BCUT2D eigenvalue weighted by molar-refractivity contribution is 14.0. The summed E-state index contributed by atoms with van der Waals surface area (Å²) in [4.78, 5) is 18.5. The van der Waals surface area contributed by atoms with Crippen molar-refractivity contribution in [1.82, 2.24) is 20.9 Å². The first kappa shape index (κ1) is 21.7. The van der Waals surface area contributed by atoms with E-state index in [1.165, 1.54) is 0 Å². The Kier molecular flexibility index (Phi) is 11.2. The molecule has 25 heavy (non-hydrogen) atoms. The zero-order chi connectivity index (χ0) is 17.0. The van der Waals surface area contributed by atoms with Crippen molar-refractivity contribution in [3.8, 4) is 0 Å². The molecule has 1 aromatic rings. The van der Waals surface area contributed by atoms with Crippen LogP contribution in [0.1, 0.15) is 12.7 Å². The Morgan fingerprint density at radius 3 is 2.76 bits per heavy atom. The molecule has 0 bridgehead atoms. The van der Waals surface area contributed by atoms with Crippen molar-refractivity contribution in [2.24, 2.45) is 4.99 Å². The maximum atomic E-state index is 11.8. The van der Waals surface area contributed by atoms with Crippen molar-refractivity contribution < 1.29 is 13.9 Å². The lowest BCUT2D eigenvalue weighted by Gasteiger charge is -2.26. The maximum Gasteiger partial charge on any atom is 0.242 e. The van der Waals surface area contributed by atoms with E-state index in [1.54, 1.807) is 12.3 Å². The zero-order valence-electron chi connectivity index (χ0n) is 14.6. The second-order valence-electron chi connectivity index (χ2n) is 5.43. The molecular weight excluding hydrogens is 437 g/mol. The van der Waals surface area contributed by atoms with Crippen molar-refractivity contribution in [3.05, 3.63) is 24.2 Å². The van der Waals surface area contributed by atoms with E-state index in [0.717, 1.165) is 51.7 Å². The molecule has 0 saturated carbocycles. The van der Waals surface area contributed by atoms with Crippen LogP contribution in [0.5, 0.6) is 0 Å². The molecule has 0 radical (unpaired) electrons. The van der Waals surface area contributed by atoms with Gasteiger partial charge in [-0.2, -0.15) is 0 Å². The van der Waals surface area contributed by atoms with Gasteiger partial charge in [-0.15, -0.1) is 24.0 Å². The SMILES string of the molecule is CCNC(=NCC(=O)NCc1ccco1)NCCN1CCOCC1.I. The molecule has 0 unspecified atom stereocenters. The van der Waals surface area contributed by atoms with Crippen LogP contribution in [0.25, 0.3) is 0 Å². The van der Waals surface area contributed by atoms with Gasteiger partial charge in [-0.3, -0.25) is 9.69 Å². The van der Waals surface area contributed by atoms with Crippen molar-refractivity contribution in [2.75, 3.05) is 52.5 Å². The number of rotatable bonds is 8. The molecule has 0 aromatic carbocycles. The van der Waals surface area contributed by atoms with E-state index in [2.05, 4.69) is 25.8 Å². The van der Waals surface area contributed by atoms with Gasteiger partial charge in [-0.25, -0.2) is 4.99 Å². The van der Waals surface area contributed by atoms with Crippen molar-refractivity contribution in [2.45, 2.75) is 13.5 Å². The summed E-state index contributed by atoms with van der Waals surface area (Å²) in [6, 6.07) is 3.61. The van der Waals surface area contributed by atoms with Gasteiger partial charge in [-0.05, 0) is 19.1 Å². The fourth-order valence-corrected chi connectivity index (χ4v) is 2.30. The molecule has 8 nitrogen and oxygen atoms in total. The van der Waals surface area contributed by atoms with Gasteiger partial charge < -0.3 is 25.1 Å². The van der Waals surface area contributed by atoms with Crippen LogP contribution in [0.3, 0.4) is 0 Å². The Bertz CT molecular complexity index is 504. The number of carbonyl (C=O) groups is 1.